The minimum absolute atomic E-state index is 0.476. The van der Waals surface area contributed by atoms with Crippen LogP contribution in [0.1, 0.15) is 10.4 Å². The van der Waals surface area contributed by atoms with Crippen molar-refractivity contribution in [1.29, 1.82) is 0 Å². The maximum Gasteiger partial charge on any atom is 0.253 e. The predicted molar refractivity (Wildman–Crippen MR) is 80.3 cm³/mol. The molecule has 2 rings (SSSR count). The third-order valence-electron chi connectivity index (χ3n) is 2.69. The van der Waals surface area contributed by atoms with Gasteiger partial charge >= 0.3 is 0 Å². The third kappa shape index (κ3) is 3.26. The molecule has 2 aromatic rings. The van der Waals surface area contributed by atoms with Gasteiger partial charge in [0.15, 0.2) is 0 Å². The van der Waals surface area contributed by atoms with E-state index < -0.39 is 5.24 Å². The van der Waals surface area contributed by atoms with Crippen LogP contribution < -0.4 is 9.47 Å². The van der Waals surface area contributed by atoms with Crippen molar-refractivity contribution in [2.75, 3.05) is 14.2 Å². The summed E-state index contributed by atoms with van der Waals surface area (Å²) in [4.78, 5) is 13.1. The van der Waals surface area contributed by atoms with Crippen molar-refractivity contribution in [3.8, 4) is 11.5 Å². The number of carbonyl (C=O) groups excluding carboxylic acids is 1. The smallest absolute Gasteiger partial charge is 0.253 e. The van der Waals surface area contributed by atoms with E-state index in [0.29, 0.717) is 11.3 Å². The first-order chi connectivity index (χ1) is 9.65. The van der Waals surface area contributed by atoms with Gasteiger partial charge in [0.2, 0.25) is 0 Å². The Morgan fingerprint density at radius 2 is 1.80 bits per heavy atom. The first-order valence-electron chi connectivity index (χ1n) is 5.84. The Balaban J connectivity index is 2.41. The Bertz CT molecular complexity index is 628. The summed E-state index contributed by atoms with van der Waals surface area (Å²) in [5, 5.41) is -0.477. The maximum atomic E-state index is 11.4. The van der Waals surface area contributed by atoms with E-state index in [1.165, 1.54) is 11.8 Å². The van der Waals surface area contributed by atoms with Gasteiger partial charge in [-0.15, -0.1) is 0 Å². The van der Waals surface area contributed by atoms with Gasteiger partial charge in [-0.3, -0.25) is 4.79 Å². The quantitative estimate of drug-likeness (QED) is 0.774. The summed E-state index contributed by atoms with van der Waals surface area (Å²) >= 11 is 7.01. The molecule has 0 N–H and O–H groups in total. The summed E-state index contributed by atoms with van der Waals surface area (Å²) in [5.74, 6) is 1.44. The Morgan fingerprint density at radius 3 is 2.45 bits per heavy atom. The number of rotatable bonds is 5. The van der Waals surface area contributed by atoms with Crippen LogP contribution in [0.3, 0.4) is 0 Å². The number of hydrogen-bond acceptors (Lipinski definition) is 4. The van der Waals surface area contributed by atoms with Crippen molar-refractivity contribution in [3.05, 3.63) is 48.0 Å². The Kier molecular flexibility index (Phi) is 4.93. The largest absolute Gasteiger partial charge is 0.497 e. The number of benzene rings is 2. The zero-order chi connectivity index (χ0) is 14.5. The molecule has 0 saturated carbocycles. The fraction of sp³-hybridized carbons (Fsp3) is 0.133. The second-order valence-electron chi connectivity index (χ2n) is 3.89. The van der Waals surface area contributed by atoms with Crippen LogP contribution in [-0.2, 0) is 0 Å². The lowest BCUT2D eigenvalue weighted by atomic mass is 10.2. The minimum Gasteiger partial charge on any atom is -0.497 e. The second-order valence-corrected chi connectivity index (χ2v) is 5.32. The number of carbonyl (C=O) groups is 1. The van der Waals surface area contributed by atoms with Crippen molar-refractivity contribution in [2.24, 2.45) is 0 Å². The van der Waals surface area contributed by atoms with Crippen molar-refractivity contribution in [3.63, 3.8) is 0 Å². The lowest BCUT2D eigenvalue weighted by Crippen LogP contribution is -1.93. The Labute approximate surface area is 126 Å². The highest BCUT2D eigenvalue weighted by atomic mass is 35.5. The molecule has 0 aromatic heterocycles. The van der Waals surface area contributed by atoms with E-state index in [-0.39, 0.29) is 0 Å². The highest BCUT2D eigenvalue weighted by molar-refractivity contribution is 7.99. The van der Waals surface area contributed by atoms with Crippen LogP contribution in [-0.4, -0.2) is 19.5 Å². The van der Waals surface area contributed by atoms with E-state index in [4.69, 9.17) is 21.1 Å². The molecule has 0 fully saturated rings. The fourth-order valence-electron chi connectivity index (χ4n) is 1.70. The lowest BCUT2D eigenvalue weighted by molar-refractivity contribution is 0.107. The standard InChI is InChI=1S/C15H13ClO3S/c1-18-10-7-8-12(19-2)14(9-10)20-13-6-4-3-5-11(13)15(16)17/h3-9H,1-2H3. The summed E-state index contributed by atoms with van der Waals surface area (Å²) in [7, 11) is 3.21. The van der Waals surface area contributed by atoms with Crippen LogP contribution in [0, 0.1) is 0 Å². The van der Waals surface area contributed by atoms with E-state index in [2.05, 4.69) is 0 Å². The Morgan fingerprint density at radius 1 is 1.05 bits per heavy atom. The van der Waals surface area contributed by atoms with E-state index in [9.17, 15) is 4.79 Å². The third-order valence-corrected chi connectivity index (χ3v) is 4.01. The molecule has 0 amide bonds. The number of methoxy groups -OCH3 is 2. The van der Waals surface area contributed by atoms with Gasteiger partial charge in [-0.25, -0.2) is 0 Å². The van der Waals surface area contributed by atoms with E-state index in [1.54, 1.807) is 26.4 Å². The molecule has 0 aliphatic carbocycles. The minimum atomic E-state index is -0.477. The summed E-state index contributed by atoms with van der Waals surface area (Å²) < 4.78 is 10.5. The molecule has 0 aliphatic rings. The molecule has 0 spiro atoms. The highest BCUT2D eigenvalue weighted by Crippen LogP contribution is 2.38. The highest BCUT2D eigenvalue weighted by Gasteiger charge is 2.12. The number of hydrogen-bond donors (Lipinski definition) is 0. The zero-order valence-corrected chi connectivity index (χ0v) is 12.6. The predicted octanol–water partition coefficient (Wildman–Crippen LogP) is 4.23. The van der Waals surface area contributed by atoms with Gasteiger partial charge in [-0.1, -0.05) is 23.9 Å². The van der Waals surface area contributed by atoms with Crippen LogP contribution in [0.15, 0.2) is 52.3 Å². The SMILES string of the molecule is COc1ccc(OC)c(Sc2ccccc2C(=O)Cl)c1. The lowest BCUT2D eigenvalue weighted by Gasteiger charge is -2.11. The molecule has 0 saturated heterocycles. The summed E-state index contributed by atoms with van der Waals surface area (Å²) in [6.07, 6.45) is 0. The molecule has 0 radical (unpaired) electrons. The average Bonchev–Trinajstić information content (AvgIpc) is 2.47. The molecule has 20 heavy (non-hydrogen) atoms. The second kappa shape index (κ2) is 6.68. The molecule has 2 aromatic carbocycles. The van der Waals surface area contributed by atoms with Crippen LogP contribution in [0.25, 0.3) is 0 Å². The van der Waals surface area contributed by atoms with E-state index in [0.717, 1.165) is 15.5 Å². The fourth-order valence-corrected chi connectivity index (χ4v) is 3.00. The molecule has 0 unspecified atom stereocenters. The topological polar surface area (TPSA) is 35.5 Å². The number of halogens is 1. The van der Waals surface area contributed by atoms with Crippen LogP contribution in [0.5, 0.6) is 11.5 Å². The van der Waals surface area contributed by atoms with Gasteiger partial charge < -0.3 is 9.47 Å². The zero-order valence-electron chi connectivity index (χ0n) is 11.1. The summed E-state index contributed by atoms with van der Waals surface area (Å²) in [6, 6.07) is 12.7. The molecule has 0 aliphatic heterocycles. The first-order valence-corrected chi connectivity index (χ1v) is 7.04. The van der Waals surface area contributed by atoms with Gasteiger partial charge in [0.1, 0.15) is 11.5 Å². The number of ether oxygens (including phenoxy) is 2. The van der Waals surface area contributed by atoms with Crippen molar-refractivity contribution < 1.29 is 14.3 Å². The summed E-state index contributed by atoms with van der Waals surface area (Å²) in [6.45, 7) is 0. The van der Waals surface area contributed by atoms with E-state index >= 15 is 0 Å². The first kappa shape index (κ1) is 14.8. The molecule has 3 nitrogen and oxygen atoms in total. The average molecular weight is 309 g/mol. The van der Waals surface area contributed by atoms with Crippen LogP contribution >= 0.6 is 23.4 Å². The molecular formula is C15H13ClO3S. The van der Waals surface area contributed by atoms with Crippen molar-refractivity contribution >= 4 is 28.6 Å². The van der Waals surface area contributed by atoms with Crippen molar-refractivity contribution in [2.45, 2.75) is 9.79 Å². The molecule has 0 bridgehead atoms. The molecule has 0 heterocycles. The molecule has 0 atom stereocenters. The van der Waals surface area contributed by atoms with Crippen LogP contribution in [0.2, 0.25) is 0 Å². The summed E-state index contributed by atoms with van der Waals surface area (Å²) in [5.41, 5.74) is 0.476. The van der Waals surface area contributed by atoms with Gasteiger partial charge in [0.05, 0.1) is 19.1 Å². The maximum absolute atomic E-state index is 11.4. The molecular weight excluding hydrogens is 296 g/mol. The molecule has 5 heteroatoms. The van der Waals surface area contributed by atoms with Crippen molar-refractivity contribution in [1.82, 2.24) is 0 Å². The monoisotopic (exact) mass is 308 g/mol. The van der Waals surface area contributed by atoms with E-state index in [1.807, 2.05) is 30.3 Å². The Hall–Kier alpha value is -1.65. The molecule has 104 valence electrons. The van der Waals surface area contributed by atoms with Gasteiger partial charge in [0, 0.05) is 10.5 Å². The van der Waals surface area contributed by atoms with Crippen LogP contribution in [0.4, 0.5) is 0 Å². The van der Waals surface area contributed by atoms with Gasteiger partial charge in [0.25, 0.3) is 5.24 Å². The van der Waals surface area contributed by atoms with Gasteiger partial charge in [-0.05, 0) is 41.9 Å². The van der Waals surface area contributed by atoms with Gasteiger partial charge in [-0.2, -0.15) is 0 Å². The normalized spacial score (nSPS) is 10.2.